The molecule has 0 aliphatic rings. The summed E-state index contributed by atoms with van der Waals surface area (Å²) < 4.78 is 3.47. The Morgan fingerprint density at radius 2 is 1.40 bits per heavy atom. The van der Waals surface area contributed by atoms with Crippen molar-refractivity contribution in [2.45, 2.75) is 0 Å². The van der Waals surface area contributed by atoms with Crippen LogP contribution < -0.4 is 103 Å². The normalized spacial score (nSPS) is 7.50. The predicted octanol–water partition coefficient (Wildman–Crippen LogP) is -12.3. The molecule has 8 heteroatoms. The minimum Gasteiger partial charge on any atom is -0.851 e. The Labute approximate surface area is 127 Å². The third kappa shape index (κ3) is 22.4. The van der Waals surface area contributed by atoms with Gasteiger partial charge in [-0.05, 0) is 9.05 Å². The number of rotatable bonds is 2. The van der Waals surface area contributed by atoms with Gasteiger partial charge in [-0.15, -0.1) is 0 Å². The monoisotopic (exact) mass is 188 g/mol. The zero-order valence-electron chi connectivity index (χ0n) is 6.42. The molecule has 0 heterocycles. The largest absolute Gasteiger partial charge is 1.00 e. The summed E-state index contributed by atoms with van der Waals surface area (Å²) in [7, 11) is -5.03. The van der Waals surface area contributed by atoms with Crippen LogP contribution in [0.25, 0.3) is 0 Å². The van der Waals surface area contributed by atoms with Crippen molar-refractivity contribution < 1.29 is 107 Å². The first-order valence-electron chi connectivity index (χ1n) is 1.46. The van der Waals surface area contributed by atoms with Crippen LogP contribution in [-0.2, 0) is 4.43 Å². The van der Waals surface area contributed by atoms with E-state index in [0.29, 0.717) is 6.26 Å². The third-order valence-electron chi connectivity index (χ3n) is 0.228. The van der Waals surface area contributed by atoms with Crippen LogP contribution in [0.3, 0.4) is 0 Å². The van der Waals surface area contributed by atoms with E-state index >= 15 is 0 Å². The zero-order chi connectivity index (χ0) is 5.91. The first-order chi connectivity index (χ1) is 3.06. The summed E-state index contributed by atoms with van der Waals surface area (Å²) >= 11 is 0. The maximum absolute atomic E-state index is 9.44. The second-order valence-electron chi connectivity index (χ2n) is 0.785. The van der Waals surface area contributed by atoms with Crippen LogP contribution in [-0.4, -0.2) is 9.05 Å². The van der Waals surface area contributed by atoms with Gasteiger partial charge in [-0.1, -0.05) is 6.58 Å². The van der Waals surface area contributed by atoms with Crippen molar-refractivity contribution in [2.24, 2.45) is 0 Å². The van der Waals surface area contributed by atoms with E-state index in [0.717, 1.165) is 0 Å². The molecule has 0 saturated carbocycles. The number of hydrogen-bond donors (Lipinski definition) is 0. The molecule has 0 amide bonds. The Morgan fingerprint density at radius 3 is 1.40 bits per heavy atom. The van der Waals surface area contributed by atoms with Gasteiger partial charge in [-0.2, -0.15) is 0 Å². The average Bonchev–Trinajstić information content (AvgIpc) is 1.30. The van der Waals surface area contributed by atoms with Gasteiger partial charge in [0.25, 0.3) is 0 Å². The van der Waals surface area contributed by atoms with Crippen LogP contribution in [0.4, 0.5) is 0 Å². The van der Waals surface area contributed by atoms with E-state index in [-0.39, 0.29) is 88.7 Å². The molecule has 0 saturated heterocycles. The van der Waals surface area contributed by atoms with Crippen molar-refractivity contribution in [1.82, 2.24) is 0 Å². The van der Waals surface area contributed by atoms with E-state index in [2.05, 4.69) is 11.0 Å². The first kappa shape index (κ1) is 22.9. The van der Waals surface area contributed by atoms with Crippen molar-refractivity contribution >= 4 is 9.05 Å². The van der Waals surface area contributed by atoms with Gasteiger partial charge in [0.2, 0.25) is 0 Å². The van der Waals surface area contributed by atoms with E-state index in [1.165, 1.54) is 0 Å². The first-order valence-corrected chi connectivity index (χ1v) is 3.09. The van der Waals surface area contributed by atoms with Gasteiger partial charge >= 0.3 is 88.7 Å². The molecule has 0 N–H and O–H groups in total. The molecule has 0 bridgehead atoms. The molecule has 0 aromatic carbocycles. The van der Waals surface area contributed by atoms with Gasteiger partial charge in [0, 0.05) is 0 Å². The molecule has 0 fully saturated rings. The molecule has 0 rings (SSSR count). The van der Waals surface area contributed by atoms with Gasteiger partial charge in [-0.25, -0.2) is 0 Å². The summed E-state index contributed by atoms with van der Waals surface area (Å²) in [5.41, 5.74) is 0. The average molecular weight is 188 g/mol. The molecular weight excluding hydrogens is 185 g/mol. The van der Waals surface area contributed by atoms with E-state index < -0.39 is 9.05 Å². The Bertz CT molecular complexity index is 73.4. The van der Waals surface area contributed by atoms with Gasteiger partial charge in [0.1, 0.15) is 0 Å². The molecule has 0 aliphatic heterocycles. The molecule has 10 heavy (non-hydrogen) atoms. The summed E-state index contributed by atoms with van der Waals surface area (Å²) in [6.07, 6.45) is 0.583. The van der Waals surface area contributed by atoms with E-state index in [1.54, 1.807) is 0 Å². The minimum atomic E-state index is -5.03. The van der Waals surface area contributed by atoms with Crippen LogP contribution in [0.5, 0.6) is 0 Å². The van der Waals surface area contributed by atoms with Gasteiger partial charge in [-0.3, -0.25) is 0 Å². The molecule has 4 nitrogen and oxygen atoms in total. The van der Waals surface area contributed by atoms with Crippen LogP contribution >= 0.6 is 0 Å². The SMILES string of the molecule is C=CO[Si]([O-])([O-])[O-].[Na+].[Na+].[Na+]. The Morgan fingerprint density at radius 1 is 1.10 bits per heavy atom. The fraction of sp³-hybridized carbons (Fsp3) is 0. The van der Waals surface area contributed by atoms with Crippen molar-refractivity contribution in [3.05, 3.63) is 12.8 Å². The molecule has 0 aromatic rings. The van der Waals surface area contributed by atoms with Gasteiger partial charge < -0.3 is 18.8 Å². The van der Waals surface area contributed by atoms with E-state index in [4.69, 9.17) is 0 Å². The quantitative estimate of drug-likeness (QED) is 0.318. The maximum atomic E-state index is 9.44. The predicted molar refractivity (Wildman–Crippen MR) is 17.0 cm³/mol. The van der Waals surface area contributed by atoms with Crippen molar-refractivity contribution in [2.75, 3.05) is 0 Å². The fourth-order valence-corrected chi connectivity index (χ4v) is 0.306. The van der Waals surface area contributed by atoms with Crippen LogP contribution in [0.2, 0.25) is 0 Å². The Hall–Kier alpha value is 2.64. The molecule has 0 aromatic heterocycles. The minimum absolute atomic E-state index is 0. The molecule has 0 atom stereocenters. The second kappa shape index (κ2) is 11.6. The molecular formula is C2H3Na3O4Si. The molecule has 0 spiro atoms. The zero-order valence-corrected chi connectivity index (χ0v) is 13.4. The van der Waals surface area contributed by atoms with Crippen LogP contribution in [0.1, 0.15) is 0 Å². The maximum Gasteiger partial charge on any atom is 1.00 e. The topological polar surface area (TPSA) is 78.4 Å². The van der Waals surface area contributed by atoms with Gasteiger partial charge in [0.05, 0.1) is 6.26 Å². The van der Waals surface area contributed by atoms with Crippen molar-refractivity contribution in [1.29, 1.82) is 0 Å². The summed E-state index contributed by atoms with van der Waals surface area (Å²) in [6.45, 7) is 2.86. The van der Waals surface area contributed by atoms with E-state index in [9.17, 15) is 14.4 Å². The standard InChI is InChI=1S/C2H3O4Si.3Na/c1-2-6-7(3,4)5;;;/h2H,1H2;;;/q-3;3*+1. The second-order valence-corrected chi connectivity index (χ2v) is 2.02. The van der Waals surface area contributed by atoms with Gasteiger partial charge in [0.15, 0.2) is 0 Å². The summed E-state index contributed by atoms with van der Waals surface area (Å²) in [5.74, 6) is 0. The van der Waals surface area contributed by atoms with Crippen molar-refractivity contribution in [3.63, 3.8) is 0 Å². The summed E-state index contributed by atoms with van der Waals surface area (Å²) in [5, 5.41) is 0. The Balaban J connectivity index is -0.0000000600. The fourth-order valence-electron chi connectivity index (χ4n) is 0.102. The Kier molecular flexibility index (Phi) is 26.7. The smallest absolute Gasteiger partial charge is 0.851 e. The third-order valence-corrected chi connectivity index (χ3v) is 0.683. The molecule has 0 aliphatic carbocycles. The van der Waals surface area contributed by atoms with E-state index in [1.807, 2.05) is 0 Å². The number of hydrogen-bond acceptors (Lipinski definition) is 4. The summed E-state index contributed by atoms with van der Waals surface area (Å²) in [6, 6.07) is 0. The summed E-state index contributed by atoms with van der Waals surface area (Å²) in [4.78, 5) is 28.3. The van der Waals surface area contributed by atoms with Crippen LogP contribution in [0.15, 0.2) is 12.8 Å². The molecule has 0 radical (unpaired) electrons. The van der Waals surface area contributed by atoms with Crippen LogP contribution in [0, 0.1) is 0 Å². The van der Waals surface area contributed by atoms with Crippen molar-refractivity contribution in [3.8, 4) is 0 Å². The molecule has 0 unspecified atom stereocenters. The molecule has 42 valence electrons.